The van der Waals surface area contributed by atoms with Crippen LogP contribution in [-0.4, -0.2) is 32.3 Å². The lowest BCUT2D eigenvalue weighted by atomic mass is 9.64. The molecule has 1 heterocycles. The molecule has 4 rings (SSSR count). The summed E-state index contributed by atoms with van der Waals surface area (Å²) in [6.45, 7) is -0.806. The number of rotatable bonds is 6. The Hall–Kier alpha value is -2.58. The van der Waals surface area contributed by atoms with Crippen molar-refractivity contribution >= 4 is 17.5 Å². The van der Waals surface area contributed by atoms with E-state index in [4.69, 9.17) is 5.11 Å². The fourth-order valence-electron chi connectivity index (χ4n) is 3.75. The van der Waals surface area contributed by atoms with Crippen molar-refractivity contribution in [2.75, 3.05) is 6.61 Å². The summed E-state index contributed by atoms with van der Waals surface area (Å²) in [5, 5.41) is 17.8. The molecule has 8 heteroatoms. The summed E-state index contributed by atoms with van der Waals surface area (Å²) in [7, 11) is 1.79. The number of carbonyl (C=O) groups is 1. The molecule has 0 atom stereocenters. The number of carbonyl (C=O) groups excluding carboxylic acids is 1. The number of hydrogen-bond acceptors (Lipinski definition) is 5. The zero-order valence-electron chi connectivity index (χ0n) is 15.7. The average molecular weight is 415 g/mol. The number of aromatic nitrogens is 3. The third kappa shape index (κ3) is 3.36. The lowest BCUT2D eigenvalue weighted by Crippen LogP contribution is -2.38. The zero-order chi connectivity index (χ0) is 20.6. The largest absolute Gasteiger partial charge is 0.388 e. The SMILES string of the molecule is Cn1c(Sc2c(F)cc(C(=O)CO)cc2F)nnc1C1(c2ccccc2)CCC1. The summed E-state index contributed by atoms with van der Waals surface area (Å²) in [5.41, 5.74) is 0.710. The van der Waals surface area contributed by atoms with E-state index in [1.165, 1.54) is 0 Å². The van der Waals surface area contributed by atoms with Crippen molar-refractivity contribution in [1.82, 2.24) is 14.8 Å². The van der Waals surface area contributed by atoms with E-state index in [1.54, 1.807) is 11.6 Å². The van der Waals surface area contributed by atoms with Crippen molar-refractivity contribution in [3.63, 3.8) is 0 Å². The van der Waals surface area contributed by atoms with Gasteiger partial charge in [0.25, 0.3) is 0 Å². The van der Waals surface area contributed by atoms with Crippen LogP contribution in [0.5, 0.6) is 0 Å². The molecule has 0 unspecified atom stereocenters. The Morgan fingerprint density at radius 1 is 1.17 bits per heavy atom. The third-order valence-corrected chi connectivity index (χ3v) is 6.59. The topological polar surface area (TPSA) is 68.0 Å². The van der Waals surface area contributed by atoms with Crippen molar-refractivity contribution in [3.8, 4) is 0 Å². The Kier molecular flexibility index (Phi) is 5.23. The maximum absolute atomic E-state index is 14.5. The highest BCUT2D eigenvalue weighted by Crippen LogP contribution is 2.48. The van der Waals surface area contributed by atoms with E-state index in [-0.39, 0.29) is 15.9 Å². The maximum Gasteiger partial charge on any atom is 0.196 e. The zero-order valence-corrected chi connectivity index (χ0v) is 16.5. The van der Waals surface area contributed by atoms with E-state index in [0.29, 0.717) is 5.16 Å². The van der Waals surface area contributed by atoms with Gasteiger partial charge in [-0.25, -0.2) is 8.78 Å². The van der Waals surface area contributed by atoms with Crippen LogP contribution in [0.25, 0.3) is 0 Å². The van der Waals surface area contributed by atoms with E-state index < -0.39 is 24.0 Å². The molecule has 150 valence electrons. The minimum absolute atomic E-state index is 0.206. The van der Waals surface area contributed by atoms with Gasteiger partial charge in [0.05, 0.1) is 10.3 Å². The molecule has 1 N–H and O–H groups in total. The molecule has 1 aliphatic rings. The molecular formula is C21H19F2N3O2S. The molecule has 1 saturated carbocycles. The monoisotopic (exact) mass is 415 g/mol. The standard InChI is InChI=1S/C21H19F2N3O2S/c1-26-19(21(8-5-9-21)14-6-3-2-4-7-14)24-25-20(26)29-18-15(22)10-13(11-16(18)23)17(28)12-27/h2-4,6-7,10-11,27H,5,8-9,12H2,1H3. The van der Waals surface area contributed by atoms with Gasteiger partial charge in [0.2, 0.25) is 0 Å². The second kappa shape index (κ2) is 7.68. The number of Topliss-reactive ketones (excluding diaryl/α,β-unsaturated/α-hetero) is 1. The molecule has 5 nitrogen and oxygen atoms in total. The number of aliphatic hydroxyl groups excluding tert-OH is 1. The van der Waals surface area contributed by atoms with Gasteiger partial charge in [0, 0.05) is 12.6 Å². The minimum atomic E-state index is -0.877. The highest BCUT2D eigenvalue weighted by atomic mass is 32.2. The first-order valence-corrected chi connectivity index (χ1v) is 10.0. The lowest BCUT2D eigenvalue weighted by Gasteiger charge is -2.41. The third-order valence-electron chi connectivity index (χ3n) is 5.45. The number of ketones is 1. The van der Waals surface area contributed by atoms with Crippen LogP contribution in [0.1, 0.15) is 41.0 Å². The fourth-order valence-corrected chi connectivity index (χ4v) is 4.55. The van der Waals surface area contributed by atoms with Crippen LogP contribution in [0.2, 0.25) is 0 Å². The van der Waals surface area contributed by atoms with Crippen molar-refractivity contribution in [2.45, 2.75) is 34.7 Å². The fraction of sp³-hybridized carbons (Fsp3) is 0.286. The summed E-state index contributed by atoms with van der Waals surface area (Å²) in [6, 6.07) is 11.9. The second-order valence-electron chi connectivity index (χ2n) is 7.12. The van der Waals surface area contributed by atoms with Crippen LogP contribution in [0.3, 0.4) is 0 Å². The lowest BCUT2D eigenvalue weighted by molar-refractivity contribution is 0.0902. The molecule has 1 aliphatic carbocycles. The molecule has 0 amide bonds. The van der Waals surface area contributed by atoms with Gasteiger partial charge >= 0.3 is 0 Å². The Balaban J connectivity index is 1.68. The Labute approximate surface area is 170 Å². The van der Waals surface area contributed by atoms with E-state index in [0.717, 1.165) is 54.5 Å². The average Bonchev–Trinajstić information content (AvgIpc) is 3.04. The van der Waals surface area contributed by atoms with E-state index in [1.807, 2.05) is 18.2 Å². The molecule has 0 aliphatic heterocycles. The van der Waals surface area contributed by atoms with Crippen LogP contribution in [-0.2, 0) is 12.5 Å². The Morgan fingerprint density at radius 2 is 1.83 bits per heavy atom. The van der Waals surface area contributed by atoms with Gasteiger partial charge in [0.15, 0.2) is 10.9 Å². The quantitative estimate of drug-likeness (QED) is 0.619. The predicted octanol–water partition coefficient (Wildman–Crippen LogP) is 3.89. The van der Waals surface area contributed by atoms with Crippen molar-refractivity contribution < 1.29 is 18.7 Å². The summed E-state index contributed by atoms with van der Waals surface area (Å²) in [5.74, 6) is -1.73. The van der Waals surface area contributed by atoms with E-state index in [2.05, 4.69) is 22.3 Å². The number of halogens is 2. The summed E-state index contributed by atoms with van der Waals surface area (Å²) in [4.78, 5) is 11.3. The van der Waals surface area contributed by atoms with Crippen LogP contribution in [0, 0.1) is 11.6 Å². The van der Waals surface area contributed by atoms with Crippen molar-refractivity contribution in [1.29, 1.82) is 0 Å². The van der Waals surface area contributed by atoms with Gasteiger partial charge in [-0.05, 0) is 42.3 Å². The van der Waals surface area contributed by atoms with E-state index in [9.17, 15) is 13.6 Å². The summed E-state index contributed by atoms with van der Waals surface area (Å²) >= 11 is 0.828. The summed E-state index contributed by atoms with van der Waals surface area (Å²) in [6.07, 6.45) is 2.95. The molecule has 2 aromatic carbocycles. The highest BCUT2D eigenvalue weighted by Gasteiger charge is 2.44. The van der Waals surface area contributed by atoms with Gasteiger partial charge in [0.1, 0.15) is 24.1 Å². The predicted molar refractivity (Wildman–Crippen MR) is 104 cm³/mol. The van der Waals surface area contributed by atoms with Gasteiger partial charge in [-0.3, -0.25) is 4.79 Å². The van der Waals surface area contributed by atoms with Gasteiger partial charge < -0.3 is 9.67 Å². The number of nitrogens with zero attached hydrogens (tertiary/aromatic N) is 3. The van der Waals surface area contributed by atoms with Crippen LogP contribution >= 0.6 is 11.8 Å². The molecule has 0 radical (unpaired) electrons. The maximum atomic E-state index is 14.5. The van der Waals surface area contributed by atoms with Gasteiger partial charge in [-0.1, -0.05) is 36.8 Å². The Morgan fingerprint density at radius 3 is 2.38 bits per heavy atom. The van der Waals surface area contributed by atoms with Crippen LogP contribution in [0.15, 0.2) is 52.5 Å². The van der Waals surface area contributed by atoms with E-state index >= 15 is 0 Å². The van der Waals surface area contributed by atoms with Gasteiger partial charge in [-0.2, -0.15) is 0 Å². The first-order chi connectivity index (χ1) is 14.0. The first-order valence-electron chi connectivity index (χ1n) is 9.22. The highest BCUT2D eigenvalue weighted by molar-refractivity contribution is 7.99. The molecule has 0 saturated heterocycles. The first kappa shape index (κ1) is 19.7. The normalized spacial score (nSPS) is 15.2. The summed E-state index contributed by atoms with van der Waals surface area (Å²) < 4.78 is 30.7. The smallest absolute Gasteiger partial charge is 0.196 e. The number of aliphatic hydroxyl groups is 1. The van der Waals surface area contributed by atoms with Crippen molar-refractivity contribution in [3.05, 3.63) is 71.1 Å². The molecule has 1 fully saturated rings. The molecule has 0 spiro atoms. The molecule has 1 aromatic heterocycles. The number of benzene rings is 2. The van der Waals surface area contributed by atoms with Crippen LogP contribution in [0.4, 0.5) is 8.78 Å². The second-order valence-corrected chi connectivity index (χ2v) is 8.10. The molecular weight excluding hydrogens is 396 g/mol. The van der Waals surface area contributed by atoms with Crippen LogP contribution < -0.4 is 0 Å². The molecule has 29 heavy (non-hydrogen) atoms. The molecule has 3 aromatic rings. The molecule has 0 bridgehead atoms. The minimum Gasteiger partial charge on any atom is -0.388 e. The van der Waals surface area contributed by atoms with Crippen molar-refractivity contribution in [2.24, 2.45) is 7.05 Å². The van der Waals surface area contributed by atoms with Gasteiger partial charge in [-0.15, -0.1) is 10.2 Å². The number of hydrogen-bond donors (Lipinski definition) is 1. The Bertz CT molecular complexity index is 1040.